The highest BCUT2D eigenvalue weighted by Crippen LogP contribution is 2.22. The van der Waals surface area contributed by atoms with Crippen LogP contribution in [0, 0.1) is 11.8 Å². The van der Waals surface area contributed by atoms with Crippen molar-refractivity contribution in [1.82, 2.24) is 41.7 Å². The van der Waals surface area contributed by atoms with E-state index in [4.69, 9.17) is 28.7 Å². The normalized spacial score (nSPS) is 16.0. The number of hydrogen-bond acceptors (Lipinski definition) is 12. The quantitative estimate of drug-likeness (QED) is 0.0224. The average Bonchev–Trinajstić information content (AvgIpc) is 3.82. The van der Waals surface area contributed by atoms with Gasteiger partial charge in [-0.2, -0.15) is 0 Å². The highest BCUT2D eigenvalue weighted by molar-refractivity contribution is 5.97. The second-order valence-corrected chi connectivity index (χ2v) is 19.4. The highest BCUT2D eigenvalue weighted by Gasteiger charge is 2.40. The van der Waals surface area contributed by atoms with Gasteiger partial charge in [0.1, 0.15) is 36.3 Å². The number of rotatable bonds is 34. The summed E-state index contributed by atoms with van der Waals surface area (Å²) in [7, 11) is 4.07. The van der Waals surface area contributed by atoms with Crippen molar-refractivity contribution < 1.29 is 38.4 Å². The van der Waals surface area contributed by atoms with Crippen molar-refractivity contribution in [3.8, 4) is 0 Å². The van der Waals surface area contributed by atoms with Crippen molar-refractivity contribution in [2.45, 2.75) is 160 Å². The first-order valence-electron chi connectivity index (χ1n) is 25.2. The number of carbonyl (C=O) groups is 8. The number of aliphatic imine (C=N–C) groups is 1. The van der Waals surface area contributed by atoms with E-state index in [0.29, 0.717) is 45.1 Å². The molecule has 0 bridgehead atoms. The van der Waals surface area contributed by atoms with Crippen LogP contribution in [0.15, 0.2) is 35.3 Å². The number of aryl methyl sites for hydroxylation is 1. The third kappa shape index (κ3) is 23.3. The monoisotopic (exact) mass is 999 g/mol. The number of likely N-dealkylation sites (tertiary alicyclic amines) is 1. The topological polar surface area (TPSA) is 358 Å². The molecule has 1 aromatic rings. The fraction of sp³-hybridized carbons (Fsp3) is 0.694. The van der Waals surface area contributed by atoms with Gasteiger partial charge in [-0.05, 0) is 115 Å². The minimum absolute atomic E-state index is 0.0537. The summed E-state index contributed by atoms with van der Waals surface area (Å²) < 4.78 is 0. The fourth-order valence-electron chi connectivity index (χ4n) is 8.47. The molecular weight excluding hydrogens is 913 g/mol. The van der Waals surface area contributed by atoms with Gasteiger partial charge in [0.15, 0.2) is 5.96 Å². The standard InChI is InChI=1S/C49H86N14O8/c1-31(2)28-38(45(68)57-35(43(52)66)21-14-26-55-49(53)54)60-46(69)39-22-15-27-63(39)48(71)37(20-12-13-25-50)59-44(67)36(58-47(70)42(32(3)4)61-41(65)30-56-40(64)29-51)19-11-10-18-34(62(5)6)24-23-33-16-8-7-9-17-33/h7-9,16-17,31-32,34-39,42H,10-15,18-30,50-51H2,1-6H3,(H2,52,66)(H,56,64)(H,57,68)(H,58,70)(H,59,67)(H,60,69)(H,61,65)(H4,53,54,55)/t34?,35-,36-,37?,38-,39-,42-/m0/s1. The third-order valence-electron chi connectivity index (χ3n) is 12.5. The van der Waals surface area contributed by atoms with Crippen molar-refractivity contribution >= 4 is 53.2 Å². The summed E-state index contributed by atoms with van der Waals surface area (Å²) in [6, 6.07) is 4.10. The first-order chi connectivity index (χ1) is 33.7. The molecule has 1 fully saturated rings. The third-order valence-corrected chi connectivity index (χ3v) is 12.5. The lowest BCUT2D eigenvalue weighted by atomic mass is 9.97. The van der Waals surface area contributed by atoms with E-state index < -0.39 is 96.0 Å². The van der Waals surface area contributed by atoms with Crippen LogP contribution in [-0.2, 0) is 44.8 Å². The van der Waals surface area contributed by atoms with E-state index in [1.807, 2.05) is 46.1 Å². The minimum atomic E-state index is -1.12. The van der Waals surface area contributed by atoms with Crippen molar-refractivity contribution in [2.75, 3.05) is 46.8 Å². The van der Waals surface area contributed by atoms with Gasteiger partial charge in [-0.1, -0.05) is 70.9 Å². The van der Waals surface area contributed by atoms with Crippen LogP contribution in [0.25, 0.3) is 0 Å². The second-order valence-electron chi connectivity index (χ2n) is 19.4. The van der Waals surface area contributed by atoms with Crippen LogP contribution in [0.5, 0.6) is 0 Å². The minimum Gasteiger partial charge on any atom is -0.370 e. The number of guanidine groups is 1. The average molecular weight is 999 g/mol. The molecule has 0 aromatic heterocycles. The van der Waals surface area contributed by atoms with Crippen LogP contribution >= 0.6 is 0 Å². The van der Waals surface area contributed by atoms with E-state index in [9.17, 15) is 38.4 Å². The predicted octanol–water partition coefficient (Wildman–Crippen LogP) is -1.03. The van der Waals surface area contributed by atoms with Gasteiger partial charge in [0.2, 0.25) is 47.3 Å². The molecule has 22 nitrogen and oxygen atoms in total. The molecule has 8 amide bonds. The van der Waals surface area contributed by atoms with Crippen molar-refractivity contribution in [3.63, 3.8) is 0 Å². The zero-order chi connectivity index (χ0) is 53.0. The molecule has 1 aromatic carbocycles. The van der Waals surface area contributed by atoms with Gasteiger partial charge in [0.05, 0.1) is 13.1 Å². The van der Waals surface area contributed by atoms with Gasteiger partial charge in [0.25, 0.3) is 0 Å². The Morgan fingerprint density at radius 2 is 1.31 bits per heavy atom. The van der Waals surface area contributed by atoms with Crippen molar-refractivity contribution in [1.29, 1.82) is 0 Å². The number of nitrogens with two attached hydrogens (primary N) is 5. The summed E-state index contributed by atoms with van der Waals surface area (Å²) in [5.74, 6) is -5.43. The number of unbranched alkanes of at least 4 members (excludes halogenated alkanes) is 2. The first-order valence-corrected chi connectivity index (χ1v) is 25.2. The number of nitrogens with one attached hydrogen (secondary N) is 6. The molecule has 400 valence electrons. The lowest BCUT2D eigenvalue weighted by Gasteiger charge is -2.31. The molecule has 1 heterocycles. The Morgan fingerprint density at radius 3 is 1.92 bits per heavy atom. The van der Waals surface area contributed by atoms with E-state index in [2.05, 4.69) is 53.9 Å². The maximum atomic E-state index is 14.6. The van der Waals surface area contributed by atoms with Crippen LogP contribution in [0.4, 0.5) is 0 Å². The Kier molecular flexibility index (Phi) is 28.4. The predicted molar refractivity (Wildman–Crippen MR) is 273 cm³/mol. The summed E-state index contributed by atoms with van der Waals surface area (Å²) >= 11 is 0. The molecule has 7 atom stereocenters. The number of hydrogen-bond donors (Lipinski definition) is 11. The van der Waals surface area contributed by atoms with Gasteiger partial charge >= 0.3 is 0 Å². The Hall–Kier alpha value is -5.87. The van der Waals surface area contributed by atoms with Crippen LogP contribution < -0.4 is 60.6 Å². The van der Waals surface area contributed by atoms with E-state index in [0.717, 1.165) is 25.7 Å². The van der Waals surface area contributed by atoms with Crippen LogP contribution in [0.3, 0.4) is 0 Å². The molecule has 71 heavy (non-hydrogen) atoms. The number of benzene rings is 1. The van der Waals surface area contributed by atoms with E-state index in [1.54, 1.807) is 13.8 Å². The summed E-state index contributed by atoms with van der Waals surface area (Å²) in [5.41, 5.74) is 28.8. The molecule has 2 unspecified atom stereocenters. The van der Waals surface area contributed by atoms with Crippen LogP contribution in [0.2, 0.25) is 0 Å². The number of primary amides is 1. The Labute approximate surface area is 420 Å². The molecule has 2 rings (SSSR count). The second kappa shape index (κ2) is 32.9. The van der Waals surface area contributed by atoms with E-state index in [-0.39, 0.29) is 63.2 Å². The molecule has 0 saturated carbocycles. The maximum Gasteiger partial charge on any atom is 0.245 e. The molecule has 0 radical (unpaired) electrons. The van der Waals surface area contributed by atoms with E-state index >= 15 is 0 Å². The first kappa shape index (κ1) is 61.3. The van der Waals surface area contributed by atoms with Crippen LogP contribution in [0.1, 0.15) is 117 Å². The molecule has 22 heteroatoms. The van der Waals surface area contributed by atoms with Gasteiger partial charge in [0, 0.05) is 19.1 Å². The maximum absolute atomic E-state index is 14.6. The molecule has 1 aliphatic heterocycles. The van der Waals surface area contributed by atoms with Gasteiger partial charge in [-0.15, -0.1) is 0 Å². The lowest BCUT2D eigenvalue weighted by molar-refractivity contribution is -0.143. The number of nitrogens with zero attached hydrogens (tertiary/aromatic N) is 3. The molecule has 16 N–H and O–H groups in total. The zero-order valence-electron chi connectivity index (χ0n) is 43.0. The Balaban J connectivity index is 2.36. The molecule has 1 saturated heterocycles. The molecule has 0 aliphatic carbocycles. The molecule has 0 spiro atoms. The number of carbonyl (C=O) groups excluding carboxylic acids is 8. The summed E-state index contributed by atoms with van der Waals surface area (Å²) in [5, 5.41) is 16.3. The molecular formula is C49H86N14O8. The largest absolute Gasteiger partial charge is 0.370 e. The summed E-state index contributed by atoms with van der Waals surface area (Å²) in [6.45, 7) is 7.27. The van der Waals surface area contributed by atoms with Gasteiger partial charge in [-0.3, -0.25) is 43.3 Å². The Morgan fingerprint density at radius 1 is 0.704 bits per heavy atom. The van der Waals surface area contributed by atoms with Crippen molar-refractivity contribution in [2.24, 2.45) is 45.5 Å². The van der Waals surface area contributed by atoms with E-state index in [1.165, 1.54) is 10.5 Å². The highest BCUT2D eigenvalue weighted by atomic mass is 16.2. The number of amides is 8. The van der Waals surface area contributed by atoms with Crippen molar-refractivity contribution in [3.05, 3.63) is 35.9 Å². The lowest BCUT2D eigenvalue weighted by Crippen LogP contribution is -2.60. The smallest absolute Gasteiger partial charge is 0.245 e. The Bertz CT molecular complexity index is 1880. The zero-order valence-corrected chi connectivity index (χ0v) is 43.0. The van der Waals surface area contributed by atoms with Gasteiger partial charge in [-0.25, -0.2) is 0 Å². The van der Waals surface area contributed by atoms with Crippen LogP contribution in [-0.4, -0.2) is 152 Å². The fourth-order valence-corrected chi connectivity index (χ4v) is 8.47. The van der Waals surface area contributed by atoms with Gasteiger partial charge < -0.3 is 70.4 Å². The molecule has 1 aliphatic rings. The SMILES string of the molecule is CC(C)C[C@H](NC(=O)[C@@H]1CCCN1C(=O)C(CCCCN)NC(=O)[C@H](CCCCC(CCc1ccccc1)N(C)C)NC(=O)[C@@H](NC(=O)CNC(=O)CN)C(C)C)C(=O)N[C@@H](CCCN=C(N)N)C(N)=O. The summed E-state index contributed by atoms with van der Waals surface area (Å²) in [4.78, 5) is 115. The summed E-state index contributed by atoms with van der Waals surface area (Å²) in [6.07, 6.45) is 6.84.